The van der Waals surface area contributed by atoms with E-state index in [4.69, 9.17) is 11.6 Å². The Kier molecular flexibility index (Phi) is 5.39. The van der Waals surface area contributed by atoms with E-state index in [9.17, 15) is 4.79 Å². The number of rotatable bonds is 4. The highest BCUT2D eigenvalue weighted by atomic mass is 35.5. The lowest BCUT2D eigenvalue weighted by molar-refractivity contribution is -0.115. The number of nitrogens with one attached hydrogen (secondary N) is 1. The molecule has 1 aliphatic carbocycles. The Hall–Kier alpha value is -1.63. The summed E-state index contributed by atoms with van der Waals surface area (Å²) in [4.78, 5) is 24.5. The van der Waals surface area contributed by atoms with Gasteiger partial charge in [0.2, 0.25) is 5.91 Å². The summed E-state index contributed by atoms with van der Waals surface area (Å²) in [6, 6.07) is 7.15. The Bertz CT molecular complexity index is 1000. The van der Waals surface area contributed by atoms with Crippen LogP contribution < -0.4 is 5.32 Å². The number of carbonyl (C=O) groups excluding carboxylic acids is 1. The molecule has 1 amide bonds. The number of aromatic nitrogens is 2. The Morgan fingerprint density at radius 3 is 2.74 bits per heavy atom. The van der Waals surface area contributed by atoms with E-state index in [-0.39, 0.29) is 11.2 Å². The molecule has 0 aliphatic heterocycles. The monoisotopic (exact) mass is 417 g/mol. The van der Waals surface area contributed by atoms with Gasteiger partial charge < -0.3 is 5.32 Å². The number of thioether (sulfide) groups is 1. The lowest BCUT2D eigenvalue weighted by Crippen LogP contribution is -2.22. The highest BCUT2D eigenvalue weighted by molar-refractivity contribution is 8.00. The van der Waals surface area contributed by atoms with Crippen molar-refractivity contribution in [1.29, 1.82) is 0 Å². The summed E-state index contributed by atoms with van der Waals surface area (Å²) < 4.78 is 0. The summed E-state index contributed by atoms with van der Waals surface area (Å²) in [6.07, 6.45) is 4.67. The van der Waals surface area contributed by atoms with E-state index >= 15 is 0 Å². The Morgan fingerprint density at radius 1 is 1.22 bits per heavy atom. The van der Waals surface area contributed by atoms with Crippen LogP contribution >= 0.6 is 34.7 Å². The number of thiophene rings is 1. The number of halogens is 1. The average Bonchev–Trinajstić information content (AvgIpc) is 3.01. The Morgan fingerprint density at radius 2 is 1.96 bits per heavy atom. The zero-order valence-electron chi connectivity index (χ0n) is 15.2. The molecule has 0 fully saturated rings. The molecule has 0 spiro atoms. The maximum Gasteiger partial charge on any atom is 0.237 e. The van der Waals surface area contributed by atoms with Gasteiger partial charge in [0, 0.05) is 21.0 Å². The molecule has 0 radical (unpaired) electrons. The Labute approximate surface area is 171 Å². The number of benzene rings is 1. The van der Waals surface area contributed by atoms with Gasteiger partial charge in [-0.25, -0.2) is 9.97 Å². The van der Waals surface area contributed by atoms with E-state index in [0.717, 1.165) is 39.6 Å². The third-order valence-electron chi connectivity index (χ3n) is 4.66. The molecule has 0 saturated heterocycles. The maximum atomic E-state index is 12.6. The minimum absolute atomic E-state index is 0.0455. The highest BCUT2D eigenvalue weighted by Gasteiger charge is 2.23. The molecular weight excluding hydrogens is 398 g/mol. The SMILES string of the molecule is Cc1nc(S[C@@H](C)C(=O)Nc2ccc(Cl)cc2)c2c3c(sc2n1)CCCC3. The zero-order valence-corrected chi connectivity index (χ0v) is 17.6. The molecule has 0 unspecified atom stereocenters. The molecule has 1 atom stereocenters. The number of carbonyl (C=O) groups is 1. The van der Waals surface area contributed by atoms with Crippen molar-refractivity contribution in [1.82, 2.24) is 9.97 Å². The normalized spacial score (nSPS) is 14.8. The van der Waals surface area contributed by atoms with E-state index in [1.54, 1.807) is 35.6 Å². The van der Waals surface area contributed by atoms with Crippen LogP contribution in [0.4, 0.5) is 5.69 Å². The molecule has 0 saturated carbocycles. The summed E-state index contributed by atoms with van der Waals surface area (Å²) in [7, 11) is 0. The highest BCUT2D eigenvalue weighted by Crippen LogP contribution is 2.40. The van der Waals surface area contributed by atoms with Crippen molar-refractivity contribution in [3.8, 4) is 0 Å². The second-order valence-corrected chi connectivity index (χ2v) is 9.57. The Balaban J connectivity index is 1.59. The fourth-order valence-electron chi connectivity index (χ4n) is 3.31. The number of hydrogen-bond acceptors (Lipinski definition) is 5. The van der Waals surface area contributed by atoms with Gasteiger partial charge in [0.25, 0.3) is 0 Å². The summed E-state index contributed by atoms with van der Waals surface area (Å²) in [5.74, 6) is 0.713. The average molecular weight is 418 g/mol. The maximum absolute atomic E-state index is 12.6. The van der Waals surface area contributed by atoms with E-state index < -0.39 is 0 Å². The van der Waals surface area contributed by atoms with Crippen molar-refractivity contribution in [2.45, 2.75) is 49.8 Å². The summed E-state index contributed by atoms with van der Waals surface area (Å²) in [6.45, 7) is 3.83. The van der Waals surface area contributed by atoms with Gasteiger partial charge in [-0.1, -0.05) is 23.4 Å². The first-order valence-electron chi connectivity index (χ1n) is 9.03. The number of aryl methyl sites for hydroxylation is 3. The van der Waals surface area contributed by atoms with Crippen molar-refractivity contribution >= 4 is 56.5 Å². The third-order valence-corrected chi connectivity index (χ3v) is 7.19. The van der Waals surface area contributed by atoms with Gasteiger partial charge in [-0.05, 0) is 69.4 Å². The van der Waals surface area contributed by atoms with Gasteiger partial charge in [-0.2, -0.15) is 0 Å². The van der Waals surface area contributed by atoms with Crippen LogP contribution in [0.5, 0.6) is 0 Å². The lowest BCUT2D eigenvalue weighted by atomic mass is 9.97. The second-order valence-electron chi connectivity index (χ2n) is 6.72. The van der Waals surface area contributed by atoms with Crippen LogP contribution in [0.15, 0.2) is 29.3 Å². The summed E-state index contributed by atoms with van der Waals surface area (Å²) in [5.41, 5.74) is 2.14. The summed E-state index contributed by atoms with van der Waals surface area (Å²) >= 11 is 9.21. The topological polar surface area (TPSA) is 54.9 Å². The fraction of sp³-hybridized carbons (Fsp3) is 0.350. The van der Waals surface area contributed by atoms with Crippen molar-refractivity contribution in [3.63, 3.8) is 0 Å². The van der Waals surface area contributed by atoms with Crippen LogP contribution in [0.1, 0.15) is 36.0 Å². The molecule has 3 aromatic rings. The van der Waals surface area contributed by atoms with Crippen LogP contribution in [0.2, 0.25) is 5.02 Å². The van der Waals surface area contributed by atoms with Crippen molar-refractivity contribution < 1.29 is 4.79 Å². The fourth-order valence-corrected chi connectivity index (χ4v) is 5.83. The smallest absolute Gasteiger partial charge is 0.237 e. The van der Waals surface area contributed by atoms with E-state index in [1.807, 2.05) is 13.8 Å². The van der Waals surface area contributed by atoms with Gasteiger partial charge in [-0.15, -0.1) is 11.3 Å². The van der Waals surface area contributed by atoms with E-state index in [1.165, 1.54) is 35.0 Å². The third kappa shape index (κ3) is 3.98. The molecule has 0 bridgehead atoms. The predicted octanol–water partition coefficient (Wildman–Crippen LogP) is 5.65. The minimum atomic E-state index is -0.266. The number of anilines is 1. The minimum Gasteiger partial charge on any atom is -0.325 e. The van der Waals surface area contributed by atoms with E-state index in [2.05, 4.69) is 15.3 Å². The lowest BCUT2D eigenvalue weighted by Gasteiger charge is -2.14. The number of nitrogens with zero attached hydrogens (tertiary/aromatic N) is 2. The quantitative estimate of drug-likeness (QED) is 0.440. The molecule has 27 heavy (non-hydrogen) atoms. The standard InChI is InChI=1S/C20H20ClN3OS2/c1-11(18(25)24-14-9-7-13(21)8-10-14)26-19-17-15-5-3-4-6-16(15)27-20(17)23-12(2)22-19/h7-11H,3-6H2,1-2H3,(H,24,25)/t11-/m0/s1. The van der Waals surface area contributed by atoms with Crippen LogP contribution in [-0.4, -0.2) is 21.1 Å². The zero-order chi connectivity index (χ0) is 19.0. The molecule has 1 aliphatic rings. The van der Waals surface area contributed by atoms with Crippen LogP contribution in [0.25, 0.3) is 10.2 Å². The number of amides is 1. The molecule has 1 N–H and O–H groups in total. The largest absolute Gasteiger partial charge is 0.325 e. The van der Waals surface area contributed by atoms with Crippen LogP contribution in [-0.2, 0) is 17.6 Å². The van der Waals surface area contributed by atoms with Crippen molar-refractivity contribution in [2.75, 3.05) is 5.32 Å². The van der Waals surface area contributed by atoms with Crippen LogP contribution in [0.3, 0.4) is 0 Å². The van der Waals surface area contributed by atoms with Crippen LogP contribution in [0, 0.1) is 6.92 Å². The molecule has 7 heteroatoms. The first-order valence-corrected chi connectivity index (χ1v) is 11.1. The van der Waals surface area contributed by atoms with Crippen molar-refractivity contribution in [3.05, 3.63) is 45.6 Å². The molecular formula is C20H20ClN3OS2. The summed E-state index contributed by atoms with van der Waals surface area (Å²) in [5, 5.41) is 5.42. The molecule has 1 aromatic carbocycles. The number of fused-ring (bicyclic) bond motifs is 3. The van der Waals surface area contributed by atoms with E-state index in [0.29, 0.717) is 5.02 Å². The van der Waals surface area contributed by atoms with Crippen molar-refractivity contribution in [2.24, 2.45) is 0 Å². The van der Waals surface area contributed by atoms with Gasteiger partial charge in [0.1, 0.15) is 15.7 Å². The molecule has 4 nitrogen and oxygen atoms in total. The van der Waals surface area contributed by atoms with Gasteiger partial charge in [-0.3, -0.25) is 4.79 Å². The molecule has 2 aromatic heterocycles. The molecule has 4 rings (SSSR count). The van der Waals surface area contributed by atoms with Gasteiger partial charge >= 0.3 is 0 Å². The number of hydrogen-bond donors (Lipinski definition) is 1. The van der Waals surface area contributed by atoms with Gasteiger partial charge in [0.05, 0.1) is 5.25 Å². The predicted molar refractivity (Wildman–Crippen MR) is 114 cm³/mol. The first-order chi connectivity index (χ1) is 13.0. The second kappa shape index (κ2) is 7.78. The first kappa shape index (κ1) is 18.7. The van der Waals surface area contributed by atoms with Gasteiger partial charge in [0.15, 0.2) is 0 Å². The molecule has 2 heterocycles. The molecule has 140 valence electrons.